The van der Waals surface area contributed by atoms with Gasteiger partial charge in [0.1, 0.15) is 0 Å². The molecule has 0 heterocycles. The Hall–Kier alpha value is -2.52. The number of carboxylic acids is 1. The molecule has 0 aromatic heterocycles. The van der Waals surface area contributed by atoms with Crippen LogP contribution in [0.2, 0.25) is 0 Å². The normalized spacial score (nSPS) is 11.1. The van der Waals surface area contributed by atoms with Crippen molar-refractivity contribution in [1.29, 1.82) is 0 Å². The molecule has 0 fully saturated rings. The molecule has 0 bridgehead atoms. The third kappa shape index (κ3) is 3.38. The summed E-state index contributed by atoms with van der Waals surface area (Å²) in [4.78, 5) is 12.9. The number of rotatable bonds is 4. The van der Waals surface area contributed by atoms with Crippen LogP contribution in [0.15, 0.2) is 82.6 Å². The van der Waals surface area contributed by atoms with Crippen molar-refractivity contribution in [2.45, 2.75) is 9.79 Å². The zero-order chi connectivity index (χ0) is 15.4. The summed E-state index contributed by atoms with van der Waals surface area (Å²) in [5.74, 6) is -0.939. The molecule has 2 nitrogen and oxygen atoms in total. The fourth-order valence-electron chi connectivity index (χ4n) is 2.23. The maximum atomic E-state index is 10.7. The Morgan fingerprint density at radius 3 is 2.45 bits per heavy atom. The van der Waals surface area contributed by atoms with Crippen LogP contribution in [-0.4, -0.2) is 11.1 Å². The van der Waals surface area contributed by atoms with Gasteiger partial charge in [0.2, 0.25) is 0 Å². The van der Waals surface area contributed by atoms with Crippen molar-refractivity contribution < 1.29 is 9.90 Å². The topological polar surface area (TPSA) is 37.3 Å². The second-order valence-corrected chi connectivity index (χ2v) is 5.94. The number of fused-ring (bicyclic) bond motifs is 1. The van der Waals surface area contributed by atoms with E-state index in [1.54, 1.807) is 17.8 Å². The first-order chi connectivity index (χ1) is 10.7. The third-order valence-electron chi connectivity index (χ3n) is 3.27. The Balaban J connectivity index is 1.93. The van der Waals surface area contributed by atoms with Crippen LogP contribution in [0.25, 0.3) is 16.8 Å². The standard InChI is InChI=1S/C19H14O2S/c20-19(21)12-10-15-6-3-4-8-18(15)22-17-11-9-14-5-1-2-7-16(14)13-17/h1-13H,(H,20,21)/b12-10+. The molecule has 0 saturated heterocycles. The molecule has 0 unspecified atom stereocenters. The monoisotopic (exact) mass is 306 g/mol. The largest absolute Gasteiger partial charge is 0.478 e. The molecule has 108 valence electrons. The number of carbonyl (C=O) groups is 1. The van der Waals surface area contributed by atoms with E-state index in [9.17, 15) is 4.79 Å². The first-order valence-corrected chi connectivity index (χ1v) is 7.71. The molecule has 0 spiro atoms. The van der Waals surface area contributed by atoms with E-state index in [2.05, 4.69) is 30.3 Å². The molecule has 3 aromatic rings. The van der Waals surface area contributed by atoms with Gasteiger partial charge in [-0.1, -0.05) is 60.3 Å². The first-order valence-electron chi connectivity index (χ1n) is 6.89. The Kier molecular flexibility index (Phi) is 4.26. The Labute approximate surface area is 133 Å². The van der Waals surface area contributed by atoms with Crippen molar-refractivity contribution in [2.75, 3.05) is 0 Å². The molecule has 1 N–H and O–H groups in total. The molecule has 3 heteroatoms. The summed E-state index contributed by atoms with van der Waals surface area (Å²) < 4.78 is 0. The van der Waals surface area contributed by atoms with E-state index >= 15 is 0 Å². The highest BCUT2D eigenvalue weighted by atomic mass is 32.2. The number of hydrogen-bond donors (Lipinski definition) is 1. The van der Waals surface area contributed by atoms with E-state index in [0.717, 1.165) is 15.4 Å². The lowest BCUT2D eigenvalue weighted by atomic mass is 10.1. The van der Waals surface area contributed by atoms with E-state index in [4.69, 9.17) is 5.11 Å². The van der Waals surface area contributed by atoms with Crippen LogP contribution in [0.3, 0.4) is 0 Å². The van der Waals surface area contributed by atoms with E-state index in [0.29, 0.717) is 0 Å². The highest BCUT2D eigenvalue weighted by Crippen LogP contribution is 2.32. The van der Waals surface area contributed by atoms with Crippen LogP contribution in [0.1, 0.15) is 5.56 Å². The highest BCUT2D eigenvalue weighted by molar-refractivity contribution is 7.99. The SMILES string of the molecule is O=C(O)/C=C/c1ccccc1Sc1ccc2ccccc2c1. The smallest absolute Gasteiger partial charge is 0.328 e. The Bertz CT molecular complexity index is 853. The molecule has 3 aromatic carbocycles. The summed E-state index contributed by atoms with van der Waals surface area (Å²) in [6.45, 7) is 0. The van der Waals surface area contributed by atoms with Crippen LogP contribution in [0.5, 0.6) is 0 Å². The van der Waals surface area contributed by atoms with Gasteiger partial charge < -0.3 is 5.11 Å². The van der Waals surface area contributed by atoms with Crippen molar-refractivity contribution in [3.8, 4) is 0 Å². The van der Waals surface area contributed by atoms with Crippen molar-refractivity contribution in [1.82, 2.24) is 0 Å². The molecule has 0 saturated carbocycles. The number of aliphatic carboxylic acids is 1. The minimum absolute atomic E-state index is 0.906. The van der Waals surface area contributed by atoms with Gasteiger partial charge in [-0.3, -0.25) is 0 Å². The third-order valence-corrected chi connectivity index (χ3v) is 4.35. The summed E-state index contributed by atoms with van der Waals surface area (Å²) in [5.41, 5.74) is 0.906. The fraction of sp³-hybridized carbons (Fsp3) is 0. The van der Waals surface area contributed by atoms with Crippen molar-refractivity contribution in [2.24, 2.45) is 0 Å². The van der Waals surface area contributed by atoms with Crippen LogP contribution in [0.4, 0.5) is 0 Å². The molecule has 0 aliphatic rings. The zero-order valence-electron chi connectivity index (χ0n) is 11.8. The van der Waals surface area contributed by atoms with Crippen LogP contribution >= 0.6 is 11.8 Å². The average Bonchev–Trinajstić information content (AvgIpc) is 2.54. The lowest BCUT2D eigenvalue weighted by molar-refractivity contribution is -0.131. The van der Waals surface area contributed by atoms with Gasteiger partial charge in [0.25, 0.3) is 0 Å². The minimum atomic E-state index is -0.939. The van der Waals surface area contributed by atoms with Gasteiger partial charge in [-0.05, 0) is 40.6 Å². The second kappa shape index (κ2) is 6.50. The van der Waals surface area contributed by atoms with Crippen LogP contribution in [0, 0.1) is 0 Å². The van der Waals surface area contributed by atoms with E-state index < -0.39 is 5.97 Å². The quantitative estimate of drug-likeness (QED) is 0.682. The predicted molar refractivity (Wildman–Crippen MR) is 91.2 cm³/mol. The van der Waals surface area contributed by atoms with E-state index in [1.807, 2.05) is 36.4 Å². The molecule has 0 amide bonds. The highest BCUT2D eigenvalue weighted by Gasteiger charge is 2.03. The molecule has 0 aliphatic heterocycles. The molecular weight excluding hydrogens is 292 g/mol. The maximum absolute atomic E-state index is 10.7. The van der Waals surface area contributed by atoms with Crippen LogP contribution < -0.4 is 0 Å². The summed E-state index contributed by atoms with van der Waals surface area (Å²) in [7, 11) is 0. The van der Waals surface area contributed by atoms with Crippen molar-refractivity contribution in [3.63, 3.8) is 0 Å². The summed E-state index contributed by atoms with van der Waals surface area (Å²) in [5, 5.41) is 11.2. The van der Waals surface area contributed by atoms with Gasteiger partial charge in [-0.25, -0.2) is 4.79 Å². The first kappa shape index (κ1) is 14.4. The molecule has 0 aliphatic carbocycles. The number of hydrogen-bond acceptors (Lipinski definition) is 2. The molecule has 3 rings (SSSR count). The van der Waals surface area contributed by atoms with Gasteiger partial charge in [-0.2, -0.15) is 0 Å². The lowest BCUT2D eigenvalue weighted by Crippen LogP contribution is -1.86. The summed E-state index contributed by atoms with van der Waals surface area (Å²) in [6, 6.07) is 22.4. The van der Waals surface area contributed by atoms with Crippen molar-refractivity contribution >= 4 is 34.6 Å². The minimum Gasteiger partial charge on any atom is -0.478 e. The van der Waals surface area contributed by atoms with Gasteiger partial charge in [-0.15, -0.1) is 0 Å². The molecule has 22 heavy (non-hydrogen) atoms. The average molecular weight is 306 g/mol. The maximum Gasteiger partial charge on any atom is 0.328 e. The number of carboxylic acid groups (broad SMARTS) is 1. The van der Waals surface area contributed by atoms with Crippen molar-refractivity contribution in [3.05, 3.63) is 78.4 Å². The van der Waals surface area contributed by atoms with Gasteiger partial charge >= 0.3 is 5.97 Å². The lowest BCUT2D eigenvalue weighted by Gasteiger charge is -2.07. The predicted octanol–water partition coefficient (Wildman–Crippen LogP) is 5.09. The van der Waals surface area contributed by atoms with Crippen LogP contribution in [-0.2, 0) is 4.79 Å². The zero-order valence-corrected chi connectivity index (χ0v) is 12.6. The number of benzene rings is 3. The van der Waals surface area contributed by atoms with E-state index in [-0.39, 0.29) is 0 Å². The summed E-state index contributed by atoms with van der Waals surface area (Å²) in [6.07, 6.45) is 2.80. The van der Waals surface area contributed by atoms with Gasteiger partial charge in [0, 0.05) is 15.9 Å². The molecule has 0 radical (unpaired) electrons. The second-order valence-electron chi connectivity index (χ2n) is 4.82. The Morgan fingerprint density at radius 1 is 0.909 bits per heavy atom. The van der Waals surface area contributed by atoms with Gasteiger partial charge in [0.05, 0.1) is 0 Å². The van der Waals surface area contributed by atoms with E-state index in [1.165, 1.54) is 16.8 Å². The summed E-state index contributed by atoms with van der Waals surface area (Å²) >= 11 is 1.64. The molecular formula is C19H14O2S. The Morgan fingerprint density at radius 2 is 1.64 bits per heavy atom. The molecule has 0 atom stereocenters. The van der Waals surface area contributed by atoms with Gasteiger partial charge in [0.15, 0.2) is 0 Å². The fourth-order valence-corrected chi connectivity index (χ4v) is 3.21.